The lowest BCUT2D eigenvalue weighted by Gasteiger charge is -2.21. The molecule has 19 heteroatoms. The molecule has 103 heavy (non-hydrogen) atoms. The topological polar surface area (TPSA) is 237 Å². The molecule has 0 bridgehead atoms. The number of carbonyl (C=O) groups is 4. The maximum absolute atomic E-state index is 13.1. The molecule has 612 valence electrons. The molecule has 0 saturated carbocycles. The van der Waals surface area contributed by atoms with E-state index in [-0.39, 0.29) is 25.7 Å². The molecule has 0 rings (SSSR count). The van der Waals surface area contributed by atoms with Crippen LogP contribution in [0.1, 0.15) is 434 Å². The van der Waals surface area contributed by atoms with Crippen LogP contribution in [0.15, 0.2) is 0 Å². The first-order valence-corrected chi connectivity index (χ1v) is 46.3. The fourth-order valence-electron chi connectivity index (χ4n) is 12.9. The van der Waals surface area contributed by atoms with E-state index >= 15 is 0 Å². The molecule has 0 amide bonds. The van der Waals surface area contributed by atoms with E-state index in [0.717, 1.165) is 114 Å². The molecule has 0 fully saturated rings. The quantitative estimate of drug-likeness (QED) is 0.0222. The van der Waals surface area contributed by atoms with Crippen LogP contribution < -0.4 is 0 Å². The summed E-state index contributed by atoms with van der Waals surface area (Å²) in [6, 6.07) is 0. The number of rotatable bonds is 81. The van der Waals surface area contributed by atoms with E-state index < -0.39 is 97.5 Å². The first kappa shape index (κ1) is 101. The number of esters is 4. The molecule has 0 aliphatic heterocycles. The Morgan fingerprint density at radius 2 is 0.466 bits per heavy atom. The second-order valence-electron chi connectivity index (χ2n) is 31.7. The number of unbranched alkanes of at least 4 members (excludes halogenated alkanes) is 45. The van der Waals surface area contributed by atoms with Gasteiger partial charge in [0.05, 0.1) is 26.4 Å². The summed E-state index contributed by atoms with van der Waals surface area (Å²) in [6.45, 7) is 14.3. The van der Waals surface area contributed by atoms with E-state index in [1.807, 2.05) is 0 Å². The number of hydrogen-bond donors (Lipinski definition) is 3. The fraction of sp³-hybridized carbons (Fsp3) is 0.952. The van der Waals surface area contributed by atoms with Crippen LogP contribution in [-0.2, 0) is 65.4 Å². The molecule has 0 aromatic heterocycles. The molecule has 4 unspecified atom stereocenters. The maximum Gasteiger partial charge on any atom is 0.472 e. The Morgan fingerprint density at radius 1 is 0.272 bits per heavy atom. The van der Waals surface area contributed by atoms with Crippen LogP contribution in [0.2, 0.25) is 0 Å². The lowest BCUT2D eigenvalue weighted by molar-refractivity contribution is -0.161. The fourth-order valence-corrected chi connectivity index (χ4v) is 14.5. The number of carbonyl (C=O) groups excluding carboxylic acids is 4. The highest BCUT2D eigenvalue weighted by atomic mass is 31.2. The monoisotopic (exact) mass is 1510 g/mol. The zero-order chi connectivity index (χ0) is 76.0. The lowest BCUT2D eigenvalue weighted by Crippen LogP contribution is -2.30. The zero-order valence-electron chi connectivity index (χ0n) is 68.0. The van der Waals surface area contributed by atoms with Gasteiger partial charge in [0.2, 0.25) is 0 Å². The molecule has 0 radical (unpaired) electrons. The van der Waals surface area contributed by atoms with E-state index in [4.69, 9.17) is 37.0 Å². The maximum atomic E-state index is 13.1. The van der Waals surface area contributed by atoms with Gasteiger partial charge in [-0.3, -0.25) is 37.3 Å². The van der Waals surface area contributed by atoms with Gasteiger partial charge < -0.3 is 33.8 Å². The smallest absolute Gasteiger partial charge is 0.462 e. The second kappa shape index (κ2) is 72.9. The van der Waals surface area contributed by atoms with Gasteiger partial charge in [0, 0.05) is 25.7 Å². The Morgan fingerprint density at radius 3 is 0.689 bits per heavy atom. The molecule has 0 aliphatic carbocycles. The Labute approximate surface area is 632 Å². The minimum absolute atomic E-state index is 0.106. The SMILES string of the molecule is CCC(C)CCCCCCCCCCCCCCCCC(=O)OC[C@H](COP(=O)(O)OC[C@@H](O)COP(=O)(O)OC[C@@H](COC(=O)CCCCCCCCC(C)C)OC(=O)CCCCCCCCCCCCCCCCC(C)CC)OC(=O)CCCCCCCCCCCCCCCCCC(C)C. The summed E-state index contributed by atoms with van der Waals surface area (Å²) in [5.74, 6) is 1.07. The molecule has 0 aromatic carbocycles. The van der Waals surface area contributed by atoms with Gasteiger partial charge in [-0.1, -0.05) is 383 Å². The van der Waals surface area contributed by atoms with E-state index in [0.29, 0.717) is 31.6 Å². The Bertz CT molecular complexity index is 2010. The largest absolute Gasteiger partial charge is 0.472 e. The van der Waals surface area contributed by atoms with Gasteiger partial charge in [0.15, 0.2) is 12.2 Å². The normalized spacial score (nSPS) is 14.5. The summed E-state index contributed by atoms with van der Waals surface area (Å²) in [5, 5.41) is 10.7. The highest BCUT2D eigenvalue weighted by Gasteiger charge is 2.30. The van der Waals surface area contributed by atoms with Gasteiger partial charge in [0.1, 0.15) is 19.3 Å². The van der Waals surface area contributed by atoms with E-state index in [2.05, 4.69) is 55.4 Å². The highest BCUT2D eigenvalue weighted by Crippen LogP contribution is 2.45. The van der Waals surface area contributed by atoms with Crippen molar-refractivity contribution < 1.29 is 80.2 Å². The van der Waals surface area contributed by atoms with Crippen LogP contribution in [0.3, 0.4) is 0 Å². The van der Waals surface area contributed by atoms with Crippen LogP contribution in [-0.4, -0.2) is 96.7 Å². The van der Waals surface area contributed by atoms with Gasteiger partial charge in [0.25, 0.3) is 0 Å². The lowest BCUT2D eigenvalue weighted by atomic mass is 9.99. The average Bonchev–Trinajstić information content (AvgIpc) is 0.981. The van der Waals surface area contributed by atoms with Crippen molar-refractivity contribution in [1.82, 2.24) is 0 Å². The van der Waals surface area contributed by atoms with E-state index in [1.54, 1.807) is 0 Å². The predicted molar refractivity (Wildman–Crippen MR) is 423 cm³/mol. The number of aliphatic hydroxyl groups excluding tert-OH is 1. The minimum atomic E-state index is -4.96. The molecule has 0 saturated heterocycles. The van der Waals surface area contributed by atoms with Crippen molar-refractivity contribution in [2.24, 2.45) is 23.7 Å². The van der Waals surface area contributed by atoms with Gasteiger partial charge >= 0.3 is 39.5 Å². The van der Waals surface area contributed by atoms with Crippen molar-refractivity contribution in [3.63, 3.8) is 0 Å². The first-order valence-electron chi connectivity index (χ1n) is 43.3. The molecular formula is C84H164O17P2. The summed E-state index contributed by atoms with van der Waals surface area (Å²) >= 11 is 0. The minimum Gasteiger partial charge on any atom is -0.462 e. The van der Waals surface area contributed by atoms with E-state index in [1.165, 1.54) is 231 Å². The summed E-state index contributed by atoms with van der Waals surface area (Å²) in [6.07, 6.45) is 61.1. The van der Waals surface area contributed by atoms with E-state index in [9.17, 15) is 43.2 Å². The van der Waals surface area contributed by atoms with Crippen LogP contribution in [0.4, 0.5) is 0 Å². The standard InChI is InChI=1S/C84H164O17P2/c1-9-76(7)62-54-46-37-31-25-19-14-16-21-27-33-39-48-56-64-81(86)94-70-79(100-83(88)66-58-50-40-34-28-22-13-11-12-18-24-30-36-44-52-60-74(3)4)72-98-102(90,91)96-68-78(85)69-97-103(92,93)99-73-80(71-95-82(87)65-57-49-43-42-45-53-61-75(5)6)101-84(89)67-59-51-41-35-29-23-17-15-20-26-32-38-47-55-63-77(8)10-2/h74-80,85H,9-73H2,1-8H3,(H,90,91)(H,92,93)/t76?,77?,78-,79-,80-/m1/s1. The van der Waals surface area contributed by atoms with Crippen molar-refractivity contribution >= 4 is 39.5 Å². The van der Waals surface area contributed by atoms with Crippen LogP contribution in [0.5, 0.6) is 0 Å². The van der Waals surface area contributed by atoms with Gasteiger partial charge in [-0.25, -0.2) is 9.13 Å². The average molecular weight is 1510 g/mol. The Balaban J connectivity index is 5.23. The van der Waals surface area contributed by atoms with Crippen molar-refractivity contribution in [2.75, 3.05) is 39.6 Å². The Kier molecular flexibility index (Phi) is 71.5. The zero-order valence-corrected chi connectivity index (χ0v) is 69.7. The number of aliphatic hydroxyl groups is 1. The third kappa shape index (κ3) is 75.3. The van der Waals surface area contributed by atoms with Crippen molar-refractivity contribution in [2.45, 2.75) is 453 Å². The third-order valence-electron chi connectivity index (χ3n) is 20.3. The van der Waals surface area contributed by atoms with Gasteiger partial charge in [-0.15, -0.1) is 0 Å². The van der Waals surface area contributed by atoms with Crippen LogP contribution in [0, 0.1) is 23.7 Å². The number of ether oxygens (including phenoxy) is 4. The number of phosphoric acid groups is 2. The first-order chi connectivity index (χ1) is 49.7. The predicted octanol–water partition coefficient (Wildman–Crippen LogP) is 25.2. The Hall–Kier alpha value is -1.94. The third-order valence-corrected chi connectivity index (χ3v) is 22.2. The van der Waals surface area contributed by atoms with Gasteiger partial charge in [-0.05, 0) is 49.4 Å². The summed E-state index contributed by atoms with van der Waals surface area (Å²) < 4.78 is 68.8. The van der Waals surface area contributed by atoms with Crippen molar-refractivity contribution in [1.29, 1.82) is 0 Å². The summed E-state index contributed by atoms with van der Waals surface area (Å²) in [5.41, 5.74) is 0. The molecule has 17 nitrogen and oxygen atoms in total. The number of phosphoric ester groups is 2. The van der Waals surface area contributed by atoms with Crippen LogP contribution in [0.25, 0.3) is 0 Å². The number of hydrogen-bond acceptors (Lipinski definition) is 15. The molecule has 0 aliphatic rings. The molecule has 0 heterocycles. The van der Waals surface area contributed by atoms with Crippen molar-refractivity contribution in [3.8, 4) is 0 Å². The van der Waals surface area contributed by atoms with Gasteiger partial charge in [-0.2, -0.15) is 0 Å². The molecule has 0 aromatic rings. The summed E-state index contributed by atoms with van der Waals surface area (Å²) in [4.78, 5) is 73.1. The molecule has 3 N–H and O–H groups in total. The van der Waals surface area contributed by atoms with Crippen molar-refractivity contribution in [3.05, 3.63) is 0 Å². The molecule has 7 atom stereocenters. The second-order valence-corrected chi connectivity index (χ2v) is 34.6. The molecular weight excluding hydrogens is 1340 g/mol. The highest BCUT2D eigenvalue weighted by molar-refractivity contribution is 7.47. The summed E-state index contributed by atoms with van der Waals surface area (Å²) in [7, 11) is -9.93. The van der Waals surface area contributed by atoms with Crippen LogP contribution >= 0.6 is 15.6 Å². The molecule has 0 spiro atoms.